The first-order valence-corrected chi connectivity index (χ1v) is 12.2. The van der Waals surface area contributed by atoms with Crippen LogP contribution in [0.15, 0.2) is 95.4 Å². The molecule has 184 valence electrons. The number of benzene rings is 4. The van der Waals surface area contributed by atoms with Gasteiger partial charge in [-0.1, -0.05) is 36.4 Å². The molecule has 0 aliphatic rings. The highest BCUT2D eigenvalue weighted by molar-refractivity contribution is 7.80. The molecule has 1 heterocycles. The molecule has 5 rings (SSSR count). The lowest BCUT2D eigenvalue weighted by Crippen LogP contribution is -2.34. The largest absolute Gasteiger partial charge is 0.489 e. The van der Waals surface area contributed by atoms with Crippen LogP contribution in [0.2, 0.25) is 0 Å². The van der Waals surface area contributed by atoms with Crippen LogP contribution in [0.4, 0.5) is 5.69 Å². The normalized spacial score (nSPS) is 10.8. The van der Waals surface area contributed by atoms with Crippen molar-refractivity contribution in [3.05, 3.63) is 113 Å². The van der Waals surface area contributed by atoms with Gasteiger partial charge in [-0.05, 0) is 97.4 Å². The van der Waals surface area contributed by atoms with Crippen molar-refractivity contribution in [3.8, 4) is 17.2 Å². The Morgan fingerprint density at radius 2 is 1.68 bits per heavy atom. The summed E-state index contributed by atoms with van der Waals surface area (Å²) in [4.78, 5) is 17.3. The second-order valence-electron chi connectivity index (χ2n) is 8.71. The van der Waals surface area contributed by atoms with E-state index in [1.165, 1.54) is 5.56 Å². The predicted octanol–water partition coefficient (Wildman–Crippen LogP) is 6.82. The van der Waals surface area contributed by atoms with E-state index in [2.05, 4.69) is 29.5 Å². The van der Waals surface area contributed by atoms with Crippen LogP contribution in [0.1, 0.15) is 27.0 Å². The summed E-state index contributed by atoms with van der Waals surface area (Å²) in [5, 5.41) is 5.95. The molecule has 37 heavy (non-hydrogen) atoms. The zero-order chi connectivity index (χ0) is 25.8. The predicted molar refractivity (Wildman–Crippen MR) is 150 cm³/mol. The van der Waals surface area contributed by atoms with Crippen molar-refractivity contribution in [1.29, 1.82) is 0 Å². The van der Waals surface area contributed by atoms with Crippen LogP contribution in [0.5, 0.6) is 5.75 Å². The fourth-order valence-electron chi connectivity index (χ4n) is 3.81. The third-order valence-electron chi connectivity index (χ3n) is 5.97. The van der Waals surface area contributed by atoms with Crippen LogP contribution in [-0.2, 0) is 6.61 Å². The van der Waals surface area contributed by atoms with Gasteiger partial charge in [-0.2, -0.15) is 0 Å². The van der Waals surface area contributed by atoms with Gasteiger partial charge in [0.25, 0.3) is 5.91 Å². The van der Waals surface area contributed by atoms with Gasteiger partial charge in [0.15, 0.2) is 10.7 Å². The summed E-state index contributed by atoms with van der Waals surface area (Å²) >= 11 is 5.35. The Balaban J connectivity index is 1.19. The third kappa shape index (κ3) is 5.85. The first-order valence-electron chi connectivity index (χ1n) is 11.8. The van der Waals surface area contributed by atoms with Crippen molar-refractivity contribution in [1.82, 2.24) is 10.3 Å². The molecule has 1 amide bonds. The SMILES string of the molecule is Cc1cc2nc(-c3ccc(NC(=S)NC(=O)c4cccc(OCc5ccccc5)c4)cc3)oc2cc1C. The lowest BCUT2D eigenvalue weighted by Gasteiger charge is -2.11. The molecule has 5 aromatic rings. The maximum Gasteiger partial charge on any atom is 0.257 e. The number of thiocarbonyl (C=S) groups is 1. The van der Waals surface area contributed by atoms with Crippen LogP contribution in [0.25, 0.3) is 22.6 Å². The molecule has 0 fully saturated rings. The standard InChI is InChI=1S/C30H25N3O3S/c1-19-15-26-27(16-20(19)2)36-29(32-26)22-11-13-24(14-12-22)31-30(37)33-28(34)23-9-6-10-25(17-23)35-18-21-7-4-3-5-8-21/h3-17H,18H2,1-2H3,(H2,31,33,34,37). The quantitative estimate of drug-likeness (QED) is 0.246. The molecule has 0 saturated heterocycles. The first-order chi connectivity index (χ1) is 17.9. The summed E-state index contributed by atoms with van der Waals surface area (Å²) in [6, 6.07) is 28.4. The van der Waals surface area contributed by atoms with Crippen molar-refractivity contribution < 1.29 is 13.9 Å². The highest BCUT2D eigenvalue weighted by Gasteiger charge is 2.12. The number of anilines is 1. The molecule has 0 aliphatic carbocycles. The second-order valence-corrected chi connectivity index (χ2v) is 9.12. The monoisotopic (exact) mass is 507 g/mol. The Morgan fingerprint density at radius 3 is 2.46 bits per heavy atom. The van der Waals surface area contributed by atoms with Crippen LogP contribution in [-0.4, -0.2) is 16.0 Å². The Kier molecular flexibility index (Phi) is 6.96. The van der Waals surface area contributed by atoms with Gasteiger partial charge in [-0.15, -0.1) is 0 Å². The Bertz CT molecular complexity index is 1540. The summed E-state index contributed by atoms with van der Waals surface area (Å²) in [7, 11) is 0. The van der Waals surface area contributed by atoms with Crippen molar-refractivity contribution in [2.75, 3.05) is 5.32 Å². The van der Waals surface area contributed by atoms with Gasteiger partial charge in [-0.3, -0.25) is 10.1 Å². The number of carbonyl (C=O) groups is 1. The number of carbonyl (C=O) groups excluding carboxylic acids is 1. The second kappa shape index (κ2) is 10.6. The van der Waals surface area contributed by atoms with E-state index in [9.17, 15) is 4.79 Å². The van der Waals surface area contributed by atoms with E-state index >= 15 is 0 Å². The van der Waals surface area contributed by atoms with Crippen molar-refractivity contribution in [2.24, 2.45) is 0 Å². The number of amides is 1. The highest BCUT2D eigenvalue weighted by Crippen LogP contribution is 2.27. The topological polar surface area (TPSA) is 76.4 Å². The number of aromatic nitrogens is 1. The number of hydrogen-bond acceptors (Lipinski definition) is 5. The summed E-state index contributed by atoms with van der Waals surface area (Å²) in [6.07, 6.45) is 0. The maximum atomic E-state index is 12.7. The van der Waals surface area contributed by atoms with Crippen LogP contribution < -0.4 is 15.4 Å². The average Bonchev–Trinajstić information content (AvgIpc) is 3.31. The molecule has 4 aromatic carbocycles. The number of aryl methyl sites for hydroxylation is 2. The number of nitrogens with zero attached hydrogens (tertiary/aromatic N) is 1. The number of nitrogens with one attached hydrogen (secondary N) is 2. The molecule has 0 spiro atoms. The average molecular weight is 508 g/mol. The van der Waals surface area contributed by atoms with Gasteiger partial charge in [-0.25, -0.2) is 4.98 Å². The van der Waals surface area contributed by atoms with Crippen molar-refractivity contribution in [3.63, 3.8) is 0 Å². The summed E-state index contributed by atoms with van der Waals surface area (Å²) in [6.45, 7) is 4.53. The van der Waals surface area contributed by atoms with Crippen LogP contribution >= 0.6 is 12.2 Å². The molecule has 2 N–H and O–H groups in total. The van der Waals surface area contributed by atoms with Gasteiger partial charge in [0.2, 0.25) is 5.89 Å². The molecule has 7 heteroatoms. The van der Waals surface area contributed by atoms with Crippen LogP contribution in [0, 0.1) is 13.8 Å². The van der Waals surface area contributed by atoms with Crippen molar-refractivity contribution in [2.45, 2.75) is 20.5 Å². The third-order valence-corrected chi connectivity index (χ3v) is 6.17. The Hall–Kier alpha value is -4.49. The molecule has 0 saturated carbocycles. The first kappa shape index (κ1) is 24.2. The molecule has 0 atom stereocenters. The van der Waals surface area contributed by atoms with Gasteiger partial charge in [0, 0.05) is 16.8 Å². The molecule has 0 bridgehead atoms. The fraction of sp³-hybridized carbons (Fsp3) is 0.100. The van der Waals surface area contributed by atoms with Gasteiger partial charge in [0.1, 0.15) is 17.9 Å². The molecular formula is C30H25N3O3S. The van der Waals surface area contributed by atoms with E-state index in [1.54, 1.807) is 18.2 Å². The van der Waals surface area contributed by atoms with E-state index in [-0.39, 0.29) is 11.0 Å². The lowest BCUT2D eigenvalue weighted by atomic mass is 10.1. The van der Waals surface area contributed by atoms with E-state index in [4.69, 9.17) is 21.4 Å². The zero-order valence-corrected chi connectivity index (χ0v) is 21.3. The van der Waals surface area contributed by atoms with Gasteiger partial charge in [0.05, 0.1) is 0 Å². The van der Waals surface area contributed by atoms with E-state index in [0.29, 0.717) is 23.8 Å². The number of hydrogen-bond donors (Lipinski definition) is 2. The van der Waals surface area contributed by atoms with E-state index < -0.39 is 0 Å². The highest BCUT2D eigenvalue weighted by atomic mass is 32.1. The lowest BCUT2D eigenvalue weighted by molar-refractivity contribution is 0.0977. The zero-order valence-electron chi connectivity index (χ0n) is 20.4. The summed E-state index contributed by atoms with van der Waals surface area (Å²) < 4.78 is 11.8. The molecular weight excluding hydrogens is 482 g/mol. The van der Waals surface area contributed by atoms with Gasteiger partial charge < -0.3 is 14.5 Å². The number of fused-ring (bicyclic) bond motifs is 1. The molecule has 0 unspecified atom stereocenters. The molecule has 0 aliphatic heterocycles. The minimum atomic E-state index is -0.323. The molecule has 6 nitrogen and oxygen atoms in total. The maximum absolute atomic E-state index is 12.7. The Morgan fingerprint density at radius 1 is 0.919 bits per heavy atom. The summed E-state index contributed by atoms with van der Waals surface area (Å²) in [5.41, 5.74) is 7.01. The minimum absolute atomic E-state index is 0.196. The molecule has 1 aromatic heterocycles. The number of oxazole rings is 1. The van der Waals surface area contributed by atoms with E-state index in [0.717, 1.165) is 33.5 Å². The van der Waals surface area contributed by atoms with Crippen LogP contribution in [0.3, 0.4) is 0 Å². The fourth-order valence-corrected chi connectivity index (χ4v) is 4.02. The smallest absolute Gasteiger partial charge is 0.257 e. The van der Waals surface area contributed by atoms with Gasteiger partial charge >= 0.3 is 0 Å². The van der Waals surface area contributed by atoms with Crippen molar-refractivity contribution >= 4 is 40.0 Å². The van der Waals surface area contributed by atoms with E-state index in [1.807, 2.05) is 72.8 Å². The summed E-state index contributed by atoms with van der Waals surface area (Å²) in [5.74, 6) is 0.837. The Labute approximate surface area is 220 Å². The number of rotatable bonds is 6. The minimum Gasteiger partial charge on any atom is -0.489 e. The molecule has 0 radical (unpaired) electrons. The number of ether oxygens (including phenoxy) is 1.